The minimum absolute atomic E-state index is 0.0324. The van der Waals surface area contributed by atoms with Crippen molar-refractivity contribution < 1.29 is 9.84 Å². The molecule has 1 aliphatic heterocycles. The first-order valence-electron chi connectivity index (χ1n) is 7.92. The van der Waals surface area contributed by atoms with Gasteiger partial charge < -0.3 is 9.84 Å². The second kappa shape index (κ2) is 6.11. The van der Waals surface area contributed by atoms with Gasteiger partial charge in [-0.05, 0) is 50.9 Å². The van der Waals surface area contributed by atoms with Crippen molar-refractivity contribution in [2.24, 2.45) is 17.8 Å². The van der Waals surface area contributed by atoms with E-state index in [4.69, 9.17) is 4.74 Å². The second-order valence-corrected chi connectivity index (χ2v) is 7.49. The summed E-state index contributed by atoms with van der Waals surface area (Å²) in [6.45, 7) is 12.8. The van der Waals surface area contributed by atoms with Gasteiger partial charge in [0.25, 0.3) is 0 Å². The van der Waals surface area contributed by atoms with Crippen molar-refractivity contribution in [2.45, 2.75) is 58.7 Å². The van der Waals surface area contributed by atoms with E-state index in [-0.39, 0.29) is 11.7 Å². The zero-order chi connectivity index (χ0) is 14.0. The van der Waals surface area contributed by atoms with Gasteiger partial charge in [0.1, 0.15) is 0 Å². The molecular formula is C16H31NO2. The minimum atomic E-state index is -0.0963. The summed E-state index contributed by atoms with van der Waals surface area (Å²) in [6.07, 6.45) is 3.28. The van der Waals surface area contributed by atoms with E-state index in [0.29, 0.717) is 5.92 Å². The Kier molecular flexibility index (Phi) is 4.91. The maximum Gasteiger partial charge on any atom is 0.0753 e. The third kappa shape index (κ3) is 4.17. The molecule has 0 aromatic heterocycles. The molecule has 0 aromatic rings. The molecule has 1 heterocycles. The summed E-state index contributed by atoms with van der Waals surface area (Å²) in [5, 5.41) is 10.3. The largest absolute Gasteiger partial charge is 0.393 e. The molecule has 2 aliphatic rings. The van der Waals surface area contributed by atoms with Crippen LogP contribution in [0.2, 0.25) is 0 Å². The summed E-state index contributed by atoms with van der Waals surface area (Å²) in [7, 11) is 0. The zero-order valence-electron chi connectivity index (χ0n) is 13.1. The lowest BCUT2D eigenvalue weighted by Crippen LogP contribution is -2.51. The van der Waals surface area contributed by atoms with Gasteiger partial charge in [-0.2, -0.15) is 0 Å². The molecule has 0 radical (unpaired) electrons. The number of rotatable bonds is 3. The Balaban J connectivity index is 1.89. The Morgan fingerprint density at radius 2 is 2.05 bits per heavy atom. The molecule has 1 saturated carbocycles. The van der Waals surface area contributed by atoms with Crippen molar-refractivity contribution in [3.8, 4) is 0 Å². The monoisotopic (exact) mass is 269 g/mol. The Hall–Kier alpha value is -0.120. The fourth-order valence-corrected chi connectivity index (χ4v) is 3.69. The maximum atomic E-state index is 10.3. The molecule has 2 fully saturated rings. The summed E-state index contributed by atoms with van der Waals surface area (Å²) in [6, 6.07) is 0. The van der Waals surface area contributed by atoms with Gasteiger partial charge in [0.15, 0.2) is 0 Å². The summed E-state index contributed by atoms with van der Waals surface area (Å²) in [5.41, 5.74) is -0.0324. The van der Waals surface area contributed by atoms with Crippen LogP contribution in [0.1, 0.15) is 47.0 Å². The van der Waals surface area contributed by atoms with Gasteiger partial charge in [0.2, 0.25) is 0 Å². The topological polar surface area (TPSA) is 32.7 Å². The number of morpholine rings is 1. The van der Waals surface area contributed by atoms with E-state index in [2.05, 4.69) is 32.6 Å². The minimum Gasteiger partial charge on any atom is -0.393 e. The highest BCUT2D eigenvalue weighted by Crippen LogP contribution is 2.34. The summed E-state index contributed by atoms with van der Waals surface area (Å²) in [4.78, 5) is 2.49. The van der Waals surface area contributed by atoms with Crippen LogP contribution in [-0.2, 0) is 4.74 Å². The molecule has 1 N–H and O–H groups in total. The molecule has 3 nitrogen and oxygen atoms in total. The molecule has 3 atom stereocenters. The van der Waals surface area contributed by atoms with Crippen LogP contribution in [0.5, 0.6) is 0 Å². The van der Waals surface area contributed by atoms with Gasteiger partial charge in [-0.3, -0.25) is 4.90 Å². The molecule has 0 bridgehead atoms. The highest BCUT2D eigenvalue weighted by Gasteiger charge is 2.34. The number of aliphatic hydroxyl groups is 1. The average Bonchev–Trinajstić information content (AvgIpc) is 2.30. The fraction of sp³-hybridized carbons (Fsp3) is 1.00. The Labute approximate surface area is 118 Å². The molecular weight excluding hydrogens is 238 g/mol. The van der Waals surface area contributed by atoms with Gasteiger partial charge in [0.05, 0.1) is 18.3 Å². The Bertz CT molecular complexity index is 290. The van der Waals surface area contributed by atoms with E-state index in [9.17, 15) is 5.11 Å². The van der Waals surface area contributed by atoms with E-state index in [1.807, 2.05) is 0 Å². The molecule has 2 rings (SSSR count). The van der Waals surface area contributed by atoms with Crippen molar-refractivity contribution in [2.75, 3.05) is 26.2 Å². The van der Waals surface area contributed by atoms with Crippen molar-refractivity contribution in [1.82, 2.24) is 4.90 Å². The standard InChI is InChI=1S/C16H31NO2/c1-12(2)13-5-6-15(18)14(9-13)10-17-7-8-19-16(3,4)11-17/h12-15,18H,5-11H2,1-4H3. The first-order chi connectivity index (χ1) is 8.87. The summed E-state index contributed by atoms with van der Waals surface area (Å²) >= 11 is 0. The molecule has 3 unspecified atom stereocenters. The van der Waals surface area contributed by atoms with Crippen molar-refractivity contribution in [3.63, 3.8) is 0 Å². The molecule has 19 heavy (non-hydrogen) atoms. The van der Waals surface area contributed by atoms with E-state index in [1.54, 1.807) is 0 Å². The number of ether oxygens (including phenoxy) is 1. The first-order valence-corrected chi connectivity index (χ1v) is 7.92. The van der Waals surface area contributed by atoms with Gasteiger partial charge >= 0.3 is 0 Å². The average molecular weight is 269 g/mol. The van der Waals surface area contributed by atoms with Gasteiger partial charge in [-0.15, -0.1) is 0 Å². The summed E-state index contributed by atoms with van der Waals surface area (Å²) in [5.74, 6) is 1.99. The van der Waals surface area contributed by atoms with Crippen LogP contribution in [0.25, 0.3) is 0 Å². The van der Waals surface area contributed by atoms with Crippen LogP contribution >= 0.6 is 0 Å². The SMILES string of the molecule is CC(C)C1CCC(O)C(CN2CCOC(C)(C)C2)C1. The predicted molar refractivity (Wildman–Crippen MR) is 78.1 cm³/mol. The Morgan fingerprint density at radius 1 is 1.32 bits per heavy atom. The highest BCUT2D eigenvalue weighted by molar-refractivity contribution is 4.86. The van der Waals surface area contributed by atoms with Crippen LogP contribution in [0.15, 0.2) is 0 Å². The van der Waals surface area contributed by atoms with Gasteiger partial charge in [-0.1, -0.05) is 13.8 Å². The van der Waals surface area contributed by atoms with Gasteiger partial charge in [0, 0.05) is 19.6 Å². The van der Waals surface area contributed by atoms with Crippen molar-refractivity contribution >= 4 is 0 Å². The molecule has 3 heteroatoms. The molecule has 112 valence electrons. The highest BCUT2D eigenvalue weighted by atomic mass is 16.5. The van der Waals surface area contributed by atoms with E-state index in [0.717, 1.165) is 44.5 Å². The lowest BCUT2D eigenvalue weighted by Gasteiger charge is -2.42. The number of hydrogen-bond donors (Lipinski definition) is 1. The van der Waals surface area contributed by atoms with Crippen LogP contribution < -0.4 is 0 Å². The quantitative estimate of drug-likeness (QED) is 0.854. The van der Waals surface area contributed by atoms with E-state index >= 15 is 0 Å². The Morgan fingerprint density at radius 3 is 2.68 bits per heavy atom. The number of aliphatic hydroxyl groups excluding tert-OH is 1. The van der Waals surface area contributed by atoms with Crippen molar-refractivity contribution in [3.05, 3.63) is 0 Å². The number of hydrogen-bond acceptors (Lipinski definition) is 3. The summed E-state index contributed by atoms with van der Waals surface area (Å²) < 4.78 is 5.77. The molecule has 0 spiro atoms. The van der Waals surface area contributed by atoms with Crippen LogP contribution in [0, 0.1) is 17.8 Å². The molecule has 1 aliphatic carbocycles. The van der Waals surface area contributed by atoms with E-state index in [1.165, 1.54) is 12.8 Å². The van der Waals surface area contributed by atoms with Crippen LogP contribution in [0.4, 0.5) is 0 Å². The molecule has 0 amide bonds. The lowest BCUT2D eigenvalue weighted by atomic mass is 9.74. The van der Waals surface area contributed by atoms with Gasteiger partial charge in [-0.25, -0.2) is 0 Å². The van der Waals surface area contributed by atoms with E-state index < -0.39 is 0 Å². The fourth-order valence-electron chi connectivity index (χ4n) is 3.69. The lowest BCUT2D eigenvalue weighted by molar-refractivity contribution is -0.0964. The maximum absolute atomic E-state index is 10.3. The third-order valence-corrected chi connectivity index (χ3v) is 4.92. The van der Waals surface area contributed by atoms with Crippen LogP contribution in [-0.4, -0.2) is 48.0 Å². The third-order valence-electron chi connectivity index (χ3n) is 4.92. The van der Waals surface area contributed by atoms with Crippen LogP contribution in [0.3, 0.4) is 0 Å². The predicted octanol–water partition coefficient (Wildman–Crippen LogP) is 2.53. The second-order valence-electron chi connectivity index (χ2n) is 7.49. The zero-order valence-corrected chi connectivity index (χ0v) is 13.1. The van der Waals surface area contributed by atoms with Crippen molar-refractivity contribution in [1.29, 1.82) is 0 Å². The molecule has 0 aromatic carbocycles. The smallest absolute Gasteiger partial charge is 0.0753 e. The normalized spacial score (nSPS) is 36.6. The molecule has 1 saturated heterocycles. The number of nitrogens with zero attached hydrogens (tertiary/aromatic N) is 1. The first kappa shape index (κ1) is 15.3.